The zero-order valence-electron chi connectivity index (χ0n) is 27.0. The maximum absolute atomic E-state index is 6.09. The molecule has 0 saturated heterocycles. The highest BCUT2D eigenvalue weighted by Gasteiger charge is 2.24. The quantitative estimate of drug-likeness (QED) is 0.129. The topological polar surface area (TPSA) is 79.9 Å². The molecule has 2 aromatic heterocycles. The maximum atomic E-state index is 6.09. The molecule has 2 aromatic carbocycles. The summed E-state index contributed by atoms with van der Waals surface area (Å²) < 4.78 is 16.0. The molecule has 1 aliphatic carbocycles. The Labute approximate surface area is 263 Å². The number of benzene rings is 2. The Balaban J connectivity index is 0.956. The molecule has 0 spiro atoms. The first-order chi connectivity index (χ1) is 21.5. The second kappa shape index (κ2) is 16.1. The maximum Gasteiger partial charge on any atom is 0.0904 e. The van der Waals surface area contributed by atoms with Crippen LogP contribution >= 0.6 is 0 Å². The Morgan fingerprint density at radius 1 is 0.614 bits per heavy atom. The molecule has 0 aliphatic heterocycles. The van der Waals surface area contributed by atoms with Gasteiger partial charge in [-0.3, -0.25) is 0 Å². The van der Waals surface area contributed by atoms with E-state index >= 15 is 0 Å². The van der Waals surface area contributed by atoms with E-state index in [0.717, 1.165) is 37.7 Å². The number of aromatic nitrogens is 6. The summed E-state index contributed by atoms with van der Waals surface area (Å²) in [6.45, 7) is 13.4. The van der Waals surface area contributed by atoms with Gasteiger partial charge in [0, 0.05) is 37.4 Å². The summed E-state index contributed by atoms with van der Waals surface area (Å²) in [4.78, 5) is 0. The third kappa shape index (κ3) is 8.85. The van der Waals surface area contributed by atoms with Gasteiger partial charge in [0.05, 0.1) is 37.7 Å². The van der Waals surface area contributed by atoms with Crippen molar-refractivity contribution in [3.05, 3.63) is 95.6 Å². The van der Waals surface area contributed by atoms with E-state index in [1.54, 1.807) is 0 Å². The van der Waals surface area contributed by atoms with Crippen molar-refractivity contribution in [3.63, 3.8) is 0 Å². The van der Waals surface area contributed by atoms with Gasteiger partial charge in [-0.05, 0) is 60.5 Å². The van der Waals surface area contributed by atoms with Crippen LogP contribution in [-0.2, 0) is 22.6 Å². The third-order valence-corrected chi connectivity index (χ3v) is 9.00. The molecule has 1 fully saturated rings. The molecule has 2 unspecified atom stereocenters. The third-order valence-electron chi connectivity index (χ3n) is 9.00. The van der Waals surface area contributed by atoms with Crippen LogP contribution in [0.2, 0.25) is 0 Å². The standard InChI is InChI=1S/C36H50N6O2/c1-27(2)35(31-11-7-5-8-12-31)33-23-41(39-37-33)19-21-43-25-29-15-17-30(18-16-29)26-44-22-20-42-24-34(38-40-42)36(28(3)4)32-13-9-6-10-14-32/h5-14,23-24,27-30,35-36H,15-22,25-26H2,1-4H3. The van der Waals surface area contributed by atoms with Crippen LogP contribution in [0.4, 0.5) is 0 Å². The van der Waals surface area contributed by atoms with E-state index in [9.17, 15) is 0 Å². The first-order valence-electron chi connectivity index (χ1n) is 16.5. The Hall–Kier alpha value is -3.36. The molecule has 1 saturated carbocycles. The largest absolute Gasteiger partial charge is 0.379 e. The van der Waals surface area contributed by atoms with Gasteiger partial charge < -0.3 is 9.47 Å². The van der Waals surface area contributed by atoms with Crippen LogP contribution in [0.5, 0.6) is 0 Å². The lowest BCUT2D eigenvalue weighted by Gasteiger charge is -2.28. The fraction of sp³-hybridized carbons (Fsp3) is 0.556. The Morgan fingerprint density at radius 2 is 1.00 bits per heavy atom. The lowest BCUT2D eigenvalue weighted by molar-refractivity contribution is 0.0443. The van der Waals surface area contributed by atoms with E-state index in [0.29, 0.717) is 36.9 Å². The van der Waals surface area contributed by atoms with E-state index < -0.39 is 0 Å². The molecule has 0 N–H and O–H groups in total. The molecule has 2 heterocycles. The van der Waals surface area contributed by atoms with Gasteiger partial charge in [0.2, 0.25) is 0 Å². The van der Waals surface area contributed by atoms with Gasteiger partial charge in [-0.25, -0.2) is 9.36 Å². The van der Waals surface area contributed by atoms with E-state index in [2.05, 4.69) is 121 Å². The van der Waals surface area contributed by atoms with Crippen LogP contribution in [0, 0.1) is 23.7 Å². The Morgan fingerprint density at radius 3 is 1.36 bits per heavy atom. The summed E-state index contributed by atoms with van der Waals surface area (Å²) in [7, 11) is 0. The summed E-state index contributed by atoms with van der Waals surface area (Å²) in [5.74, 6) is 2.67. The van der Waals surface area contributed by atoms with Gasteiger partial charge in [-0.1, -0.05) is 98.8 Å². The number of hydrogen-bond donors (Lipinski definition) is 0. The van der Waals surface area contributed by atoms with Crippen molar-refractivity contribution >= 4 is 0 Å². The minimum Gasteiger partial charge on any atom is -0.379 e. The highest BCUT2D eigenvalue weighted by Crippen LogP contribution is 2.32. The first-order valence-corrected chi connectivity index (χ1v) is 16.5. The van der Waals surface area contributed by atoms with Gasteiger partial charge >= 0.3 is 0 Å². The Bertz CT molecular complexity index is 1260. The normalized spacial score (nSPS) is 18.6. The zero-order chi connectivity index (χ0) is 30.7. The van der Waals surface area contributed by atoms with E-state index in [1.807, 2.05) is 9.36 Å². The molecule has 44 heavy (non-hydrogen) atoms. The summed E-state index contributed by atoms with van der Waals surface area (Å²) >= 11 is 0. The number of nitrogens with zero attached hydrogens (tertiary/aromatic N) is 6. The van der Waals surface area contributed by atoms with Crippen molar-refractivity contribution in [2.24, 2.45) is 23.7 Å². The van der Waals surface area contributed by atoms with Gasteiger partial charge in [0.15, 0.2) is 0 Å². The van der Waals surface area contributed by atoms with Crippen molar-refractivity contribution in [2.45, 2.75) is 78.3 Å². The number of hydrogen-bond acceptors (Lipinski definition) is 6. The molecular formula is C36H50N6O2. The van der Waals surface area contributed by atoms with Gasteiger partial charge in [0.25, 0.3) is 0 Å². The second-order valence-corrected chi connectivity index (χ2v) is 13.1. The average Bonchev–Trinajstić information content (AvgIpc) is 3.69. The predicted molar refractivity (Wildman–Crippen MR) is 173 cm³/mol. The fourth-order valence-corrected chi connectivity index (χ4v) is 6.63. The highest BCUT2D eigenvalue weighted by atomic mass is 16.5. The summed E-state index contributed by atoms with van der Waals surface area (Å²) in [5, 5.41) is 17.8. The predicted octanol–water partition coefficient (Wildman–Crippen LogP) is 6.99. The molecule has 8 heteroatoms. The lowest BCUT2D eigenvalue weighted by Crippen LogP contribution is -2.23. The van der Waals surface area contributed by atoms with Crippen LogP contribution in [0.25, 0.3) is 0 Å². The van der Waals surface area contributed by atoms with Crippen molar-refractivity contribution in [2.75, 3.05) is 26.4 Å². The fourth-order valence-electron chi connectivity index (χ4n) is 6.63. The monoisotopic (exact) mass is 598 g/mol. The summed E-state index contributed by atoms with van der Waals surface area (Å²) in [5.41, 5.74) is 4.63. The van der Waals surface area contributed by atoms with Gasteiger partial charge in [-0.2, -0.15) is 0 Å². The molecule has 8 nitrogen and oxygen atoms in total. The van der Waals surface area contributed by atoms with Crippen LogP contribution in [0.1, 0.15) is 87.7 Å². The lowest BCUT2D eigenvalue weighted by atomic mass is 9.83. The van der Waals surface area contributed by atoms with Crippen molar-refractivity contribution in [1.29, 1.82) is 0 Å². The van der Waals surface area contributed by atoms with Crippen LogP contribution in [0.15, 0.2) is 73.1 Å². The smallest absolute Gasteiger partial charge is 0.0904 e. The molecule has 2 atom stereocenters. The first kappa shape index (κ1) is 32.0. The average molecular weight is 599 g/mol. The van der Waals surface area contributed by atoms with Crippen LogP contribution in [0.3, 0.4) is 0 Å². The number of ether oxygens (including phenoxy) is 2. The molecule has 0 bridgehead atoms. The van der Waals surface area contributed by atoms with Crippen LogP contribution in [-0.4, -0.2) is 56.4 Å². The van der Waals surface area contributed by atoms with Gasteiger partial charge in [-0.15, -0.1) is 10.2 Å². The van der Waals surface area contributed by atoms with Crippen LogP contribution < -0.4 is 0 Å². The molecule has 4 aromatic rings. The van der Waals surface area contributed by atoms with E-state index in [1.165, 1.54) is 36.8 Å². The summed E-state index contributed by atoms with van der Waals surface area (Å²) in [6, 6.07) is 21.2. The van der Waals surface area contributed by atoms with Crippen molar-refractivity contribution in [3.8, 4) is 0 Å². The SMILES string of the molecule is CC(C)C(c1ccccc1)c1cn(CCOCC2CCC(COCCn3cc(C(c4ccccc4)C(C)C)nn3)CC2)nn1. The van der Waals surface area contributed by atoms with E-state index in [4.69, 9.17) is 9.47 Å². The molecule has 1 aliphatic rings. The minimum absolute atomic E-state index is 0.253. The molecule has 0 radical (unpaired) electrons. The van der Waals surface area contributed by atoms with E-state index in [-0.39, 0.29) is 11.8 Å². The highest BCUT2D eigenvalue weighted by molar-refractivity contribution is 5.28. The number of rotatable bonds is 16. The minimum atomic E-state index is 0.253. The molecule has 5 rings (SSSR count). The summed E-state index contributed by atoms with van der Waals surface area (Å²) in [6.07, 6.45) is 8.99. The van der Waals surface area contributed by atoms with Crippen molar-refractivity contribution in [1.82, 2.24) is 30.0 Å². The molecule has 236 valence electrons. The van der Waals surface area contributed by atoms with Gasteiger partial charge in [0.1, 0.15) is 0 Å². The zero-order valence-corrected chi connectivity index (χ0v) is 27.0. The molecular weight excluding hydrogens is 548 g/mol. The van der Waals surface area contributed by atoms with Crippen molar-refractivity contribution < 1.29 is 9.47 Å². The second-order valence-electron chi connectivity index (χ2n) is 13.1. The molecule has 0 amide bonds. The Kier molecular flexibility index (Phi) is 11.7.